The van der Waals surface area contributed by atoms with E-state index >= 15 is 0 Å². The second-order valence-corrected chi connectivity index (χ2v) is 4.08. The Hall–Kier alpha value is -1.68. The van der Waals surface area contributed by atoms with Crippen LogP contribution in [-0.4, -0.2) is 10.2 Å². The maximum absolute atomic E-state index is 5.93. The molecule has 4 nitrogen and oxygen atoms in total. The van der Waals surface area contributed by atoms with E-state index in [1.54, 1.807) is 0 Å². The summed E-state index contributed by atoms with van der Waals surface area (Å²) < 4.78 is 5.55. The Morgan fingerprint density at radius 1 is 1.12 bits per heavy atom. The van der Waals surface area contributed by atoms with Crippen molar-refractivity contribution in [1.82, 2.24) is 10.2 Å². The third-order valence-electron chi connectivity index (χ3n) is 2.46. The maximum atomic E-state index is 5.93. The minimum Gasteiger partial charge on any atom is -0.419 e. The largest absolute Gasteiger partial charge is 0.419 e. The first-order valence-electron chi connectivity index (χ1n) is 5.33. The van der Waals surface area contributed by atoms with Gasteiger partial charge in [0, 0.05) is 5.56 Å². The van der Waals surface area contributed by atoms with E-state index in [4.69, 9.17) is 10.2 Å². The van der Waals surface area contributed by atoms with Crippen molar-refractivity contribution in [3.8, 4) is 11.5 Å². The highest BCUT2D eigenvalue weighted by Crippen LogP contribution is 2.22. The van der Waals surface area contributed by atoms with Crippen LogP contribution in [0.4, 0.5) is 0 Å². The van der Waals surface area contributed by atoms with E-state index in [1.807, 2.05) is 44.2 Å². The lowest BCUT2D eigenvalue weighted by Gasteiger charge is -2.09. The molecule has 2 N–H and O–H groups in total. The van der Waals surface area contributed by atoms with Crippen molar-refractivity contribution < 1.29 is 4.42 Å². The summed E-state index contributed by atoms with van der Waals surface area (Å²) in [4.78, 5) is 0. The van der Waals surface area contributed by atoms with Crippen molar-refractivity contribution in [3.63, 3.8) is 0 Å². The van der Waals surface area contributed by atoms with Gasteiger partial charge >= 0.3 is 0 Å². The van der Waals surface area contributed by atoms with Crippen LogP contribution in [0.15, 0.2) is 34.7 Å². The number of nitrogens with zero attached hydrogens (tertiary/aromatic N) is 2. The summed E-state index contributed by atoms with van der Waals surface area (Å²) in [5.41, 5.74) is 6.85. The van der Waals surface area contributed by atoms with E-state index in [1.165, 1.54) is 0 Å². The van der Waals surface area contributed by atoms with E-state index in [0.717, 1.165) is 5.56 Å². The lowest BCUT2D eigenvalue weighted by molar-refractivity contribution is 0.394. The molecule has 1 aromatic carbocycles. The predicted octanol–water partition coefficient (Wildman–Crippen LogP) is 2.39. The fourth-order valence-electron chi connectivity index (χ4n) is 1.35. The standard InChI is InChI=1S/C12H15N3O/c1-8(2)10(13)12-15-14-11(16-12)9-6-4-3-5-7-9/h3-8,10H,13H2,1-2H3. The monoisotopic (exact) mass is 217 g/mol. The Morgan fingerprint density at radius 3 is 2.44 bits per heavy atom. The molecule has 84 valence electrons. The van der Waals surface area contributed by atoms with Crippen molar-refractivity contribution >= 4 is 0 Å². The lowest BCUT2D eigenvalue weighted by Crippen LogP contribution is -2.16. The molecule has 0 aliphatic rings. The first-order chi connectivity index (χ1) is 7.68. The molecule has 0 saturated heterocycles. The smallest absolute Gasteiger partial charge is 0.247 e. The lowest BCUT2D eigenvalue weighted by atomic mass is 10.1. The van der Waals surface area contributed by atoms with Crippen LogP contribution in [0.5, 0.6) is 0 Å². The molecule has 0 spiro atoms. The average Bonchev–Trinajstić information content (AvgIpc) is 2.78. The van der Waals surface area contributed by atoms with Gasteiger partial charge in [0.05, 0.1) is 6.04 Å². The summed E-state index contributed by atoms with van der Waals surface area (Å²) in [6.45, 7) is 4.05. The van der Waals surface area contributed by atoms with Gasteiger partial charge in [0.15, 0.2) is 0 Å². The zero-order chi connectivity index (χ0) is 11.5. The second-order valence-electron chi connectivity index (χ2n) is 4.08. The van der Waals surface area contributed by atoms with E-state index in [2.05, 4.69) is 10.2 Å². The van der Waals surface area contributed by atoms with E-state index in [-0.39, 0.29) is 12.0 Å². The fourth-order valence-corrected chi connectivity index (χ4v) is 1.35. The fraction of sp³-hybridized carbons (Fsp3) is 0.333. The summed E-state index contributed by atoms with van der Waals surface area (Å²) in [6.07, 6.45) is 0. The van der Waals surface area contributed by atoms with E-state index in [9.17, 15) is 0 Å². The first kappa shape index (κ1) is 10.8. The third-order valence-corrected chi connectivity index (χ3v) is 2.46. The van der Waals surface area contributed by atoms with Gasteiger partial charge in [0.2, 0.25) is 11.8 Å². The number of hydrogen-bond acceptors (Lipinski definition) is 4. The molecule has 1 heterocycles. The van der Waals surface area contributed by atoms with Crippen LogP contribution in [-0.2, 0) is 0 Å². The Labute approximate surface area is 94.5 Å². The maximum Gasteiger partial charge on any atom is 0.247 e. The van der Waals surface area contributed by atoms with Crippen LogP contribution in [0.25, 0.3) is 11.5 Å². The minimum atomic E-state index is -0.204. The van der Waals surface area contributed by atoms with Gasteiger partial charge in [-0.05, 0) is 18.1 Å². The summed E-state index contributed by atoms with van der Waals surface area (Å²) in [7, 11) is 0. The average molecular weight is 217 g/mol. The van der Waals surface area contributed by atoms with E-state index in [0.29, 0.717) is 11.8 Å². The highest BCUT2D eigenvalue weighted by molar-refractivity contribution is 5.51. The summed E-state index contributed by atoms with van der Waals surface area (Å²) in [5, 5.41) is 7.97. The molecule has 0 aliphatic carbocycles. The molecule has 0 bridgehead atoms. The molecule has 4 heteroatoms. The molecular formula is C12H15N3O. The van der Waals surface area contributed by atoms with Crippen molar-refractivity contribution in [2.75, 3.05) is 0 Å². The van der Waals surface area contributed by atoms with Crippen LogP contribution < -0.4 is 5.73 Å². The molecule has 1 unspecified atom stereocenters. The molecule has 16 heavy (non-hydrogen) atoms. The molecule has 0 aliphatic heterocycles. The molecular weight excluding hydrogens is 202 g/mol. The van der Waals surface area contributed by atoms with Crippen LogP contribution >= 0.6 is 0 Å². The Balaban J connectivity index is 2.27. The van der Waals surface area contributed by atoms with Crippen molar-refractivity contribution in [3.05, 3.63) is 36.2 Å². The summed E-state index contributed by atoms with van der Waals surface area (Å²) >= 11 is 0. The van der Waals surface area contributed by atoms with Crippen molar-refractivity contribution in [1.29, 1.82) is 0 Å². The number of hydrogen-bond donors (Lipinski definition) is 1. The third kappa shape index (κ3) is 2.12. The van der Waals surface area contributed by atoms with Gasteiger partial charge in [-0.1, -0.05) is 32.0 Å². The van der Waals surface area contributed by atoms with Gasteiger partial charge in [-0.3, -0.25) is 0 Å². The molecule has 2 rings (SSSR count). The van der Waals surface area contributed by atoms with Gasteiger partial charge < -0.3 is 10.2 Å². The van der Waals surface area contributed by atoms with Crippen molar-refractivity contribution in [2.24, 2.45) is 11.7 Å². The molecule has 1 aromatic heterocycles. The summed E-state index contributed by atoms with van der Waals surface area (Å²) in [6, 6.07) is 9.46. The van der Waals surface area contributed by atoms with Gasteiger partial charge in [-0.25, -0.2) is 0 Å². The Kier molecular flexibility index (Phi) is 3.01. The zero-order valence-corrected chi connectivity index (χ0v) is 9.42. The Morgan fingerprint density at radius 2 is 1.81 bits per heavy atom. The quantitative estimate of drug-likeness (QED) is 0.857. The van der Waals surface area contributed by atoms with Gasteiger partial charge in [-0.15, -0.1) is 10.2 Å². The number of benzene rings is 1. The summed E-state index contributed by atoms with van der Waals surface area (Å²) in [5.74, 6) is 1.30. The molecule has 0 amide bonds. The van der Waals surface area contributed by atoms with Crippen LogP contribution in [0.2, 0.25) is 0 Å². The SMILES string of the molecule is CC(C)C(N)c1nnc(-c2ccccc2)o1. The van der Waals surface area contributed by atoms with Crippen LogP contribution in [0.3, 0.4) is 0 Å². The van der Waals surface area contributed by atoms with E-state index < -0.39 is 0 Å². The molecule has 0 radical (unpaired) electrons. The van der Waals surface area contributed by atoms with Gasteiger partial charge in [0.1, 0.15) is 0 Å². The van der Waals surface area contributed by atoms with Crippen LogP contribution in [0, 0.1) is 5.92 Å². The van der Waals surface area contributed by atoms with Gasteiger partial charge in [-0.2, -0.15) is 0 Å². The highest BCUT2D eigenvalue weighted by Gasteiger charge is 2.18. The predicted molar refractivity (Wildman–Crippen MR) is 61.5 cm³/mol. The highest BCUT2D eigenvalue weighted by atomic mass is 16.4. The normalized spacial score (nSPS) is 13.0. The number of rotatable bonds is 3. The molecule has 0 fully saturated rings. The first-order valence-corrected chi connectivity index (χ1v) is 5.33. The van der Waals surface area contributed by atoms with Gasteiger partial charge in [0.25, 0.3) is 0 Å². The van der Waals surface area contributed by atoms with Crippen molar-refractivity contribution in [2.45, 2.75) is 19.9 Å². The molecule has 0 saturated carbocycles. The Bertz CT molecular complexity index is 450. The molecule has 1 atom stereocenters. The minimum absolute atomic E-state index is 0.204. The number of aromatic nitrogens is 2. The number of nitrogens with two attached hydrogens (primary N) is 1. The second kappa shape index (κ2) is 4.45. The topological polar surface area (TPSA) is 64.9 Å². The molecule has 2 aromatic rings. The van der Waals surface area contributed by atoms with Crippen LogP contribution in [0.1, 0.15) is 25.8 Å². The zero-order valence-electron chi connectivity index (χ0n) is 9.42.